The smallest absolute Gasteiger partial charge is 0.370 e. The zero-order valence-electron chi connectivity index (χ0n) is 27.5. The van der Waals surface area contributed by atoms with Gasteiger partial charge in [0, 0.05) is 18.4 Å². The van der Waals surface area contributed by atoms with Crippen molar-refractivity contribution < 1.29 is 28.7 Å². The fourth-order valence-electron chi connectivity index (χ4n) is 6.39. The van der Waals surface area contributed by atoms with Gasteiger partial charge in [0.15, 0.2) is 6.61 Å². The van der Waals surface area contributed by atoms with Crippen LogP contribution >= 0.6 is 0 Å². The molecule has 3 atom stereocenters. The van der Waals surface area contributed by atoms with Gasteiger partial charge in [-0.1, -0.05) is 72.6 Å². The maximum Gasteiger partial charge on any atom is 0.370 e. The van der Waals surface area contributed by atoms with Gasteiger partial charge in [0.2, 0.25) is 0 Å². The zero-order chi connectivity index (χ0) is 31.0. The van der Waals surface area contributed by atoms with Gasteiger partial charge in [-0.25, -0.2) is 4.79 Å². The molecule has 1 aromatic rings. The lowest BCUT2D eigenvalue weighted by Gasteiger charge is -2.38. The number of hydrogen-bond acceptors (Lipinski definition) is 6. The number of imide groups is 1. The third-order valence-corrected chi connectivity index (χ3v) is 9.37. The number of nitrogens with zero attached hydrogens (tertiary/aromatic N) is 1. The van der Waals surface area contributed by atoms with Gasteiger partial charge in [0.25, 0.3) is 11.8 Å². The second kappa shape index (κ2) is 15.2. The van der Waals surface area contributed by atoms with Crippen LogP contribution in [0.5, 0.6) is 11.5 Å². The summed E-state index contributed by atoms with van der Waals surface area (Å²) in [4.78, 5) is 40.8. The minimum absolute atomic E-state index is 0.0608. The van der Waals surface area contributed by atoms with Crippen molar-refractivity contribution in [3.63, 3.8) is 0 Å². The molecule has 42 heavy (non-hydrogen) atoms. The summed E-state index contributed by atoms with van der Waals surface area (Å²) in [5.41, 5.74) is 3.83. The van der Waals surface area contributed by atoms with Gasteiger partial charge >= 0.3 is 5.97 Å². The first-order valence-electron chi connectivity index (χ1n) is 16.3. The molecule has 7 heteroatoms. The van der Waals surface area contributed by atoms with Crippen molar-refractivity contribution in [1.29, 1.82) is 0 Å². The summed E-state index contributed by atoms with van der Waals surface area (Å²) in [6, 6.07) is 0. The van der Waals surface area contributed by atoms with Crippen molar-refractivity contribution in [1.82, 2.24) is 5.06 Å². The highest BCUT2D eigenvalue weighted by atomic mass is 16.7. The summed E-state index contributed by atoms with van der Waals surface area (Å²) in [7, 11) is 0. The van der Waals surface area contributed by atoms with Crippen LogP contribution in [-0.2, 0) is 25.6 Å². The predicted molar refractivity (Wildman–Crippen MR) is 165 cm³/mol. The number of hydrogen-bond donors (Lipinski definition) is 0. The monoisotopic (exact) mass is 585 g/mol. The Labute approximate surface area is 254 Å². The fourth-order valence-corrected chi connectivity index (χ4v) is 6.39. The minimum Gasteiger partial charge on any atom is -0.487 e. The van der Waals surface area contributed by atoms with Gasteiger partial charge in [-0.05, 0) is 87.8 Å². The highest BCUT2D eigenvalue weighted by molar-refractivity contribution is 6.01. The Bertz CT molecular complexity index is 1100. The lowest BCUT2D eigenvalue weighted by atomic mass is 9.83. The number of hydroxylamine groups is 2. The molecular weight excluding hydrogens is 530 g/mol. The van der Waals surface area contributed by atoms with Crippen molar-refractivity contribution >= 4 is 17.8 Å². The van der Waals surface area contributed by atoms with E-state index in [0.29, 0.717) is 10.8 Å². The fraction of sp³-hybridized carbons (Fsp3) is 0.743. The standard InChI is InChI=1S/C35H55NO6/c1-23(2)12-9-13-24(3)14-10-15-25(4)16-11-20-35(8)21-19-29-28(7)33(26(5)27(6)34(29)41-35)40-22-32(39)42-36-30(37)17-18-31(36)38/h23-25H,9-22H2,1-8H3/t24-,25-,35-/m1/s1. The Hall–Kier alpha value is -2.57. The van der Waals surface area contributed by atoms with Gasteiger partial charge in [-0.15, -0.1) is 5.06 Å². The molecule has 2 aliphatic heterocycles. The van der Waals surface area contributed by atoms with E-state index in [1.54, 1.807) is 0 Å². The average molecular weight is 586 g/mol. The normalized spacial score (nSPS) is 20.0. The van der Waals surface area contributed by atoms with Crippen LogP contribution in [-0.4, -0.2) is 35.1 Å². The van der Waals surface area contributed by atoms with E-state index >= 15 is 0 Å². The van der Waals surface area contributed by atoms with E-state index in [1.165, 1.54) is 51.4 Å². The van der Waals surface area contributed by atoms with Crippen molar-refractivity contribution in [3.05, 3.63) is 22.3 Å². The SMILES string of the molecule is Cc1c(C)c2c(c(C)c1OCC(=O)ON1C(=O)CCC1=O)CC[C@@](C)(CCC[C@H](C)CCC[C@H](C)CCCC(C)C)O2. The summed E-state index contributed by atoms with van der Waals surface area (Å²) in [6.45, 7) is 17.3. The first kappa shape index (κ1) is 33.9. The summed E-state index contributed by atoms with van der Waals surface area (Å²) in [5, 5.41) is 0.551. The van der Waals surface area contributed by atoms with Crippen LogP contribution in [0, 0.1) is 38.5 Å². The summed E-state index contributed by atoms with van der Waals surface area (Å²) >= 11 is 0. The van der Waals surface area contributed by atoms with Crippen molar-refractivity contribution in [2.75, 3.05) is 6.61 Å². The van der Waals surface area contributed by atoms with E-state index in [1.807, 2.05) is 20.8 Å². The molecule has 0 aromatic heterocycles. The highest BCUT2D eigenvalue weighted by Gasteiger charge is 2.35. The molecule has 3 rings (SSSR count). The van der Waals surface area contributed by atoms with Gasteiger partial charge < -0.3 is 14.3 Å². The van der Waals surface area contributed by atoms with Crippen LogP contribution in [0.25, 0.3) is 0 Å². The Morgan fingerprint density at radius 2 is 1.40 bits per heavy atom. The average Bonchev–Trinajstić information content (AvgIpc) is 3.23. The van der Waals surface area contributed by atoms with Crippen molar-refractivity contribution in [2.24, 2.45) is 17.8 Å². The Morgan fingerprint density at radius 1 is 0.833 bits per heavy atom. The van der Waals surface area contributed by atoms with E-state index in [9.17, 15) is 14.4 Å². The van der Waals surface area contributed by atoms with Crippen LogP contribution in [0.3, 0.4) is 0 Å². The molecular formula is C35H55NO6. The number of ether oxygens (including phenoxy) is 2. The molecule has 0 aliphatic carbocycles. The van der Waals surface area contributed by atoms with E-state index in [0.717, 1.165) is 65.0 Å². The lowest BCUT2D eigenvalue weighted by molar-refractivity contribution is -0.198. The van der Waals surface area contributed by atoms with Crippen molar-refractivity contribution in [3.8, 4) is 11.5 Å². The Morgan fingerprint density at radius 3 is 2.00 bits per heavy atom. The lowest BCUT2D eigenvalue weighted by Crippen LogP contribution is -2.37. The van der Waals surface area contributed by atoms with E-state index in [-0.39, 0.29) is 25.0 Å². The quantitative estimate of drug-likeness (QED) is 0.182. The maximum absolute atomic E-state index is 12.3. The summed E-state index contributed by atoms with van der Waals surface area (Å²) in [6.07, 6.45) is 13.5. The van der Waals surface area contributed by atoms with Gasteiger partial charge in [0.1, 0.15) is 17.1 Å². The molecule has 0 unspecified atom stereocenters. The zero-order valence-corrected chi connectivity index (χ0v) is 27.5. The molecule has 236 valence electrons. The minimum atomic E-state index is -0.776. The first-order valence-corrected chi connectivity index (χ1v) is 16.3. The van der Waals surface area contributed by atoms with Crippen LogP contribution in [0.2, 0.25) is 0 Å². The molecule has 0 radical (unpaired) electrons. The van der Waals surface area contributed by atoms with Crippen LogP contribution in [0.1, 0.15) is 134 Å². The topological polar surface area (TPSA) is 82.1 Å². The molecule has 1 fully saturated rings. The first-order chi connectivity index (χ1) is 19.8. The number of benzene rings is 1. The summed E-state index contributed by atoms with van der Waals surface area (Å²) < 4.78 is 12.6. The molecule has 7 nitrogen and oxygen atoms in total. The number of carbonyl (C=O) groups excluding carboxylic acids is 3. The molecule has 2 amide bonds. The predicted octanol–water partition coefficient (Wildman–Crippen LogP) is 8.12. The highest BCUT2D eigenvalue weighted by Crippen LogP contribution is 2.45. The molecule has 2 aliphatic rings. The number of fused-ring (bicyclic) bond motifs is 1. The second-order valence-corrected chi connectivity index (χ2v) is 13.8. The van der Waals surface area contributed by atoms with Crippen LogP contribution in [0.4, 0.5) is 0 Å². The molecule has 0 bridgehead atoms. The largest absolute Gasteiger partial charge is 0.487 e. The molecule has 1 aromatic carbocycles. The molecule has 0 N–H and O–H groups in total. The Balaban J connectivity index is 1.48. The van der Waals surface area contributed by atoms with E-state index in [4.69, 9.17) is 14.3 Å². The molecule has 1 saturated heterocycles. The van der Waals surface area contributed by atoms with Crippen LogP contribution in [0.15, 0.2) is 0 Å². The third kappa shape index (κ3) is 9.21. The van der Waals surface area contributed by atoms with E-state index in [2.05, 4.69) is 34.6 Å². The van der Waals surface area contributed by atoms with Gasteiger partial charge in [-0.3, -0.25) is 9.59 Å². The number of amides is 2. The second-order valence-electron chi connectivity index (χ2n) is 13.8. The molecule has 0 spiro atoms. The number of carbonyl (C=O) groups is 3. The van der Waals surface area contributed by atoms with Crippen LogP contribution < -0.4 is 9.47 Å². The molecule has 2 heterocycles. The number of rotatable bonds is 16. The van der Waals surface area contributed by atoms with Gasteiger partial charge in [-0.2, -0.15) is 0 Å². The maximum atomic E-state index is 12.3. The van der Waals surface area contributed by atoms with E-state index < -0.39 is 17.8 Å². The molecule has 0 saturated carbocycles. The third-order valence-electron chi connectivity index (χ3n) is 9.37. The Kier molecular flexibility index (Phi) is 12.3. The van der Waals surface area contributed by atoms with Crippen molar-refractivity contribution in [2.45, 2.75) is 144 Å². The van der Waals surface area contributed by atoms with Gasteiger partial charge in [0.05, 0.1) is 0 Å². The summed E-state index contributed by atoms with van der Waals surface area (Å²) in [5.74, 6) is 2.20.